The quantitative estimate of drug-likeness (QED) is 0.584. The van der Waals surface area contributed by atoms with Crippen molar-refractivity contribution < 1.29 is 22.7 Å². The van der Waals surface area contributed by atoms with E-state index in [1.807, 2.05) is 31.1 Å². The molecule has 1 heterocycles. The fourth-order valence-corrected chi connectivity index (χ4v) is 3.77. The molecule has 29 heavy (non-hydrogen) atoms. The molecule has 1 amide bonds. The SMILES string of the molecule is COc1cccc2sc(N(CCN(C)C)C(=O)c3cccc(C(F)(F)F)c3)nc12. The fraction of sp³-hybridized carbons (Fsp3) is 0.300. The molecule has 154 valence electrons. The maximum Gasteiger partial charge on any atom is 0.416 e. The fourth-order valence-electron chi connectivity index (χ4n) is 2.76. The van der Waals surface area contributed by atoms with Crippen LogP contribution in [0.5, 0.6) is 5.75 Å². The van der Waals surface area contributed by atoms with E-state index in [4.69, 9.17) is 4.74 Å². The Hall–Kier alpha value is -2.65. The summed E-state index contributed by atoms with van der Waals surface area (Å²) >= 11 is 1.29. The summed E-state index contributed by atoms with van der Waals surface area (Å²) in [6.07, 6.45) is -4.52. The van der Waals surface area contributed by atoms with Crippen LogP contribution in [0.2, 0.25) is 0 Å². The van der Waals surface area contributed by atoms with E-state index in [2.05, 4.69) is 4.98 Å². The summed E-state index contributed by atoms with van der Waals surface area (Å²) in [5, 5.41) is 0.411. The van der Waals surface area contributed by atoms with E-state index in [-0.39, 0.29) is 12.1 Å². The highest BCUT2D eigenvalue weighted by atomic mass is 32.1. The van der Waals surface area contributed by atoms with Gasteiger partial charge in [-0.25, -0.2) is 4.98 Å². The van der Waals surface area contributed by atoms with Gasteiger partial charge in [0.15, 0.2) is 5.13 Å². The van der Waals surface area contributed by atoms with E-state index in [1.165, 1.54) is 35.5 Å². The summed E-state index contributed by atoms with van der Waals surface area (Å²) in [5.41, 5.74) is -0.284. The Labute approximate surface area is 170 Å². The van der Waals surface area contributed by atoms with Gasteiger partial charge in [0.1, 0.15) is 11.3 Å². The summed E-state index contributed by atoms with van der Waals surface area (Å²) in [7, 11) is 5.24. The van der Waals surface area contributed by atoms with Gasteiger partial charge >= 0.3 is 6.18 Å². The molecule has 0 aliphatic rings. The van der Waals surface area contributed by atoms with Crippen LogP contribution in [-0.4, -0.2) is 50.1 Å². The average Bonchev–Trinajstić information content (AvgIpc) is 3.11. The van der Waals surface area contributed by atoms with Crippen LogP contribution in [0.3, 0.4) is 0 Å². The van der Waals surface area contributed by atoms with E-state index in [1.54, 1.807) is 6.07 Å². The number of carbonyl (C=O) groups is 1. The molecule has 3 rings (SSSR count). The Morgan fingerprint density at radius 1 is 1.14 bits per heavy atom. The van der Waals surface area contributed by atoms with Gasteiger partial charge in [-0.1, -0.05) is 23.5 Å². The maximum atomic E-state index is 13.1. The summed E-state index contributed by atoms with van der Waals surface area (Å²) in [6, 6.07) is 9.89. The van der Waals surface area contributed by atoms with Crippen molar-refractivity contribution in [1.29, 1.82) is 0 Å². The van der Waals surface area contributed by atoms with Crippen molar-refractivity contribution in [3.05, 3.63) is 53.6 Å². The number of halogens is 3. The van der Waals surface area contributed by atoms with Crippen LogP contribution in [0, 0.1) is 0 Å². The molecular formula is C20H20F3N3O2S. The second-order valence-corrected chi connectivity index (χ2v) is 7.65. The van der Waals surface area contributed by atoms with Gasteiger partial charge in [-0.3, -0.25) is 9.69 Å². The maximum absolute atomic E-state index is 13.1. The van der Waals surface area contributed by atoms with Crippen molar-refractivity contribution in [2.24, 2.45) is 0 Å². The van der Waals surface area contributed by atoms with Crippen LogP contribution in [0.4, 0.5) is 18.3 Å². The van der Waals surface area contributed by atoms with Crippen molar-refractivity contribution in [3.8, 4) is 5.75 Å². The molecule has 0 spiro atoms. The monoisotopic (exact) mass is 423 g/mol. The first-order chi connectivity index (χ1) is 13.7. The zero-order chi connectivity index (χ0) is 21.2. The number of carbonyl (C=O) groups excluding carboxylic acids is 1. The lowest BCUT2D eigenvalue weighted by molar-refractivity contribution is -0.137. The average molecular weight is 423 g/mol. The van der Waals surface area contributed by atoms with E-state index >= 15 is 0 Å². The Bertz CT molecular complexity index is 1020. The number of benzene rings is 2. The molecule has 0 saturated carbocycles. The lowest BCUT2D eigenvalue weighted by Crippen LogP contribution is -2.36. The molecule has 0 radical (unpaired) electrons. The molecule has 0 aliphatic carbocycles. The molecule has 9 heteroatoms. The van der Waals surface area contributed by atoms with Crippen LogP contribution < -0.4 is 9.64 Å². The van der Waals surface area contributed by atoms with Crippen molar-refractivity contribution in [1.82, 2.24) is 9.88 Å². The number of hydrogen-bond donors (Lipinski definition) is 0. The third kappa shape index (κ3) is 4.68. The molecule has 1 aromatic heterocycles. The second-order valence-electron chi connectivity index (χ2n) is 6.64. The minimum atomic E-state index is -4.52. The van der Waals surface area contributed by atoms with Gasteiger partial charge in [-0.15, -0.1) is 0 Å². The van der Waals surface area contributed by atoms with Crippen LogP contribution in [0.25, 0.3) is 10.2 Å². The molecule has 0 saturated heterocycles. The number of hydrogen-bond acceptors (Lipinski definition) is 5. The number of thiazole rings is 1. The number of methoxy groups -OCH3 is 1. The number of ether oxygens (including phenoxy) is 1. The van der Waals surface area contributed by atoms with E-state index in [9.17, 15) is 18.0 Å². The van der Waals surface area contributed by atoms with E-state index in [0.717, 1.165) is 16.8 Å². The summed E-state index contributed by atoms with van der Waals surface area (Å²) in [4.78, 5) is 21.0. The minimum absolute atomic E-state index is 0.0372. The molecule has 0 aliphatic heterocycles. The highest BCUT2D eigenvalue weighted by Crippen LogP contribution is 2.35. The molecule has 0 fully saturated rings. The summed E-state index contributed by atoms with van der Waals surface area (Å²) in [6.45, 7) is 0.808. The first kappa shape index (κ1) is 21.1. The van der Waals surface area contributed by atoms with Crippen molar-refractivity contribution in [2.45, 2.75) is 6.18 Å². The highest BCUT2D eigenvalue weighted by molar-refractivity contribution is 7.22. The van der Waals surface area contributed by atoms with Crippen LogP contribution in [0.1, 0.15) is 15.9 Å². The van der Waals surface area contributed by atoms with E-state index in [0.29, 0.717) is 22.9 Å². The number of para-hydroxylation sites is 1. The molecule has 2 aromatic carbocycles. The Kier molecular flexibility index (Phi) is 6.09. The van der Waals surface area contributed by atoms with Crippen molar-refractivity contribution in [3.63, 3.8) is 0 Å². The zero-order valence-corrected chi connectivity index (χ0v) is 17.0. The van der Waals surface area contributed by atoms with Gasteiger partial charge < -0.3 is 9.64 Å². The van der Waals surface area contributed by atoms with Gasteiger partial charge in [-0.05, 0) is 44.4 Å². The van der Waals surface area contributed by atoms with Gasteiger partial charge in [0.2, 0.25) is 0 Å². The highest BCUT2D eigenvalue weighted by Gasteiger charge is 2.32. The largest absolute Gasteiger partial charge is 0.494 e. The summed E-state index contributed by atoms with van der Waals surface area (Å²) < 4.78 is 45.4. The van der Waals surface area contributed by atoms with Gasteiger partial charge in [-0.2, -0.15) is 13.2 Å². The Morgan fingerprint density at radius 2 is 1.86 bits per heavy atom. The van der Waals surface area contributed by atoms with Gasteiger partial charge in [0, 0.05) is 18.7 Å². The molecule has 0 atom stereocenters. The number of likely N-dealkylation sites (N-methyl/N-ethyl adjacent to an activating group) is 1. The summed E-state index contributed by atoms with van der Waals surface area (Å²) in [5.74, 6) is 0.0417. The lowest BCUT2D eigenvalue weighted by Gasteiger charge is -2.22. The van der Waals surface area contributed by atoms with Crippen LogP contribution in [0.15, 0.2) is 42.5 Å². The Morgan fingerprint density at radius 3 is 2.52 bits per heavy atom. The molecular weight excluding hydrogens is 403 g/mol. The lowest BCUT2D eigenvalue weighted by atomic mass is 10.1. The standard InChI is InChI=1S/C20H20F3N3O2S/c1-25(2)10-11-26(18(27)13-6-4-7-14(12-13)20(21,22)23)19-24-17-15(28-3)8-5-9-16(17)29-19/h4-9,12H,10-11H2,1-3H3. The molecule has 0 unspecified atom stereocenters. The molecule has 0 bridgehead atoms. The minimum Gasteiger partial charge on any atom is -0.494 e. The number of anilines is 1. The number of nitrogens with zero attached hydrogens (tertiary/aromatic N) is 3. The zero-order valence-electron chi connectivity index (χ0n) is 16.2. The first-order valence-electron chi connectivity index (χ1n) is 8.78. The predicted molar refractivity (Wildman–Crippen MR) is 108 cm³/mol. The number of amides is 1. The molecule has 0 N–H and O–H groups in total. The smallest absolute Gasteiger partial charge is 0.416 e. The number of rotatable bonds is 6. The number of alkyl halides is 3. The van der Waals surface area contributed by atoms with Crippen LogP contribution >= 0.6 is 11.3 Å². The third-order valence-electron chi connectivity index (χ3n) is 4.27. The van der Waals surface area contributed by atoms with Crippen molar-refractivity contribution >= 4 is 32.6 Å². The number of fused-ring (bicyclic) bond motifs is 1. The third-order valence-corrected chi connectivity index (χ3v) is 5.32. The molecule has 5 nitrogen and oxygen atoms in total. The topological polar surface area (TPSA) is 45.7 Å². The van der Waals surface area contributed by atoms with Gasteiger partial charge in [0.05, 0.1) is 17.4 Å². The van der Waals surface area contributed by atoms with Crippen molar-refractivity contribution in [2.75, 3.05) is 39.2 Å². The number of aromatic nitrogens is 1. The van der Waals surface area contributed by atoms with Gasteiger partial charge in [0.25, 0.3) is 5.91 Å². The second kappa shape index (κ2) is 8.38. The van der Waals surface area contributed by atoms with Crippen LogP contribution in [-0.2, 0) is 6.18 Å². The Balaban J connectivity index is 2.03. The normalized spacial score (nSPS) is 11.8. The van der Waals surface area contributed by atoms with E-state index < -0.39 is 17.6 Å². The molecule has 3 aromatic rings. The first-order valence-corrected chi connectivity index (χ1v) is 9.59. The predicted octanol–water partition coefficient (Wildman–Crippen LogP) is 4.53.